The highest BCUT2D eigenvalue weighted by Crippen LogP contribution is 2.35. The second-order valence-electron chi connectivity index (χ2n) is 6.96. The van der Waals surface area contributed by atoms with E-state index in [1.165, 1.54) is 5.56 Å². The summed E-state index contributed by atoms with van der Waals surface area (Å²) in [6, 6.07) is 6.08. The predicted octanol–water partition coefficient (Wildman–Crippen LogP) is 2.93. The van der Waals surface area contributed by atoms with Gasteiger partial charge in [0.05, 0.1) is 0 Å². The van der Waals surface area contributed by atoms with E-state index in [2.05, 4.69) is 30.8 Å². The molecular weight excluding hydrogens is 268 g/mol. The molecule has 0 fully saturated rings. The molecule has 0 spiro atoms. The van der Waals surface area contributed by atoms with Crippen LogP contribution in [0.2, 0.25) is 0 Å². The van der Waals surface area contributed by atoms with Crippen molar-refractivity contribution in [3.8, 4) is 5.75 Å². The van der Waals surface area contributed by atoms with Crippen molar-refractivity contribution in [2.45, 2.75) is 58.8 Å². The van der Waals surface area contributed by atoms with Crippen LogP contribution in [0.4, 0.5) is 4.79 Å². The van der Waals surface area contributed by atoms with Gasteiger partial charge in [-0.2, -0.15) is 0 Å². The molecule has 2 rings (SSSR count). The average molecular weight is 292 g/mol. The predicted molar refractivity (Wildman–Crippen MR) is 81.1 cm³/mol. The van der Waals surface area contributed by atoms with E-state index < -0.39 is 11.7 Å². The van der Waals surface area contributed by atoms with Crippen LogP contribution in [-0.4, -0.2) is 17.3 Å². The fourth-order valence-corrected chi connectivity index (χ4v) is 2.29. The number of nitrogens with one attached hydrogen (secondary N) is 2. The SMILES string of the molecule is CC(C)(C)OC(=O)NNCc1ccc2c(c1)CC(C)(C)O2. The summed E-state index contributed by atoms with van der Waals surface area (Å²) in [7, 11) is 0. The third kappa shape index (κ3) is 4.63. The van der Waals surface area contributed by atoms with Crippen molar-refractivity contribution in [1.29, 1.82) is 0 Å². The molecule has 0 radical (unpaired) electrons. The first kappa shape index (κ1) is 15.6. The topological polar surface area (TPSA) is 59.6 Å². The zero-order valence-electron chi connectivity index (χ0n) is 13.4. The molecule has 0 unspecified atom stereocenters. The lowest BCUT2D eigenvalue weighted by atomic mass is 10.0. The van der Waals surface area contributed by atoms with E-state index in [-0.39, 0.29) is 5.60 Å². The highest BCUT2D eigenvalue weighted by atomic mass is 16.6. The molecule has 1 aromatic rings. The summed E-state index contributed by atoms with van der Waals surface area (Å²) in [5.74, 6) is 0.948. The number of rotatable bonds is 3. The number of carbonyl (C=O) groups excluding carboxylic acids is 1. The zero-order valence-corrected chi connectivity index (χ0v) is 13.4. The molecule has 21 heavy (non-hydrogen) atoms. The summed E-state index contributed by atoms with van der Waals surface area (Å²) >= 11 is 0. The average Bonchev–Trinajstić information content (AvgIpc) is 2.59. The fourth-order valence-electron chi connectivity index (χ4n) is 2.29. The second kappa shape index (κ2) is 5.56. The smallest absolute Gasteiger partial charge is 0.422 e. The monoisotopic (exact) mass is 292 g/mol. The molecule has 1 amide bonds. The van der Waals surface area contributed by atoms with Crippen LogP contribution in [-0.2, 0) is 17.7 Å². The van der Waals surface area contributed by atoms with Crippen molar-refractivity contribution in [1.82, 2.24) is 10.9 Å². The number of carbonyl (C=O) groups is 1. The van der Waals surface area contributed by atoms with E-state index in [0.29, 0.717) is 6.54 Å². The Morgan fingerprint density at radius 2 is 2.10 bits per heavy atom. The van der Waals surface area contributed by atoms with Gasteiger partial charge in [-0.05, 0) is 51.8 Å². The molecule has 1 aromatic carbocycles. The molecule has 116 valence electrons. The summed E-state index contributed by atoms with van der Waals surface area (Å²) in [5, 5.41) is 0. The maximum Gasteiger partial charge on any atom is 0.422 e. The van der Waals surface area contributed by atoms with Gasteiger partial charge in [0.2, 0.25) is 0 Å². The van der Waals surface area contributed by atoms with Crippen molar-refractivity contribution >= 4 is 6.09 Å². The molecule has 5 nitrogen and oxygen atoms in total. The first-order valence-corrected chi connectivity index (χ1v) is 7.17. The number of hydrogen-bond donors (Lipinski definition) is 2. The van der Waals surface area contributed by atoms with Crippen LogP contribution >= 0.6 is 0 Å². The van der Waals surface area contributed by atoms with E-state index in [1.807, 2.05) is 32.9 Å². The number of amides is 1. The van der Waals surface area contributed by atoms with Gasteiger partial charge >= 0.3 is 6.09 Å². The van der Waals surface area contributed by atoms with Crippen LogP contribution in [0.3, 0.4) is 0 Å². The van der Waals surface area contributed by atoms with E-state index in [1.54, 1.807) is 0 Å². The largest absolute Gasteiger partial charge is 0.487 e. The lowest BCUT2D eigenvalue weighted by Gasteiger charge is -2.19. The lowest BCUT2D eigenvalue weighted by molar-refractivity contribution is 0.0497. The van der Waals surface area contributed by atoms with E-state index in [4.69, 9.17) is 9.47 Å². The van der Waals surface area contributed by atoms with Crippen molar-refractivity contribution in [3.05, 3.63) is 29.3 Å². The molecule has 2 N–H and O–H groups in total. The first-order chi connectivity index (χ1) is 9.65. The highest BCUT2D eigenvalue weighted by Gasteiger charge is 2.29. The molecular formula is C16H24N2O3. The molecule has 0 aromatic heterocycles. The third-order valence-corrected chi connectivity index (χ3v) is 3.01. The molecule has 1 aliphatic rings. The van der Waals surface area contributed by atoms with Crippen molar-refractivity contribution in [2.75, 3.05) is 0 Å². The normalized spacial score (nSPS) is 16.0. The Kier molecular flexibility index (Phi) is 4.14. The van der Waals surface area contributed by atoms with Gasteiger partial charge in [0.25, 0.3) is 0 Å². The quantitative estimate of drug-likeness (QED) is 0.841. The van der Waals surface area contributed by atoms with E-state index >= 15 is 0 Å². The van der Waals surface area contributed by atoms with E-state index in [9.17, 15) is 4.79 Å². The van der Waals surface area contributed by atoms with Crippen LogP contribution in [0.1, 0.15) is 45.7 Å². The minimum atomic E-state index is -0.498. The van der Waals surface area contributed by atoms with Crippen LogP contribution in [0, 0.1) is 0 Å². The van der Waals surface area contributed by atoms with Gasteiger partial charge < -0.3 is 9.47 Å². The Labute approximate surface area is 126 Å². The summed E-state index contributed by atoms with van der Waals surface area (Å²) < 4.78 is 11.0. The van der Waals surface area contributed by atoms with Crippen LogP contribution in [0.5, 0.6) is 5.75 Å². The van der Waals surface area contributed by atoms with Crippen molar-refractivity contribution in [3.63, 3.8) is 0 Å². The van der Waals surface area contributed by atoms with Crippen molar-refractivity contribution < 1.29 is 14.3 Å². The lowest BCUT2D eigenvalue weighted by Crippen LogP contribution is -2.40. The molecule has 0 atom stereocenters. The fraction of sp³-hybridized carbons (Fsp3) is 0.562. The van der Waals surface area contributed by atoms with Crippen LogP contribution in [0.25, 0.3) is 0 Å². The van der Waals surface area contributed by atoms with Gasteiger partial charge in [-0.25, -0.2) is 10.2 Å². The van der Waals surface area contributed by atoms with Gasteiger partial charge in [-0.15, -0.1) is 0 Å². The Morgan fingerprint density at radius 3 is 2.76 bits per heavy atom. The van der Waals surface area contributed by atoms with Crippen molar-refractivity contribution in [2.24, 2.45) is 0 Å². The number of fused-ring (bicyclic) bond motifs is 1. The summed E-state index contributed by atoms with van der Waals surface area (Å²) in [6.45, 7) is 10.2. The van der Waals surface area contributed by atoms with E-state index in [0.717, 1.165) is 17.7 Å². The Morgan fingerprint density at radius 1 is 1.38 bits per heavy atom. The Hall–Kier alpha value is -1.75. The third-order valence-electron chi connectivity index (χ3n) is 3.01. The molecule has 0 saturated carbocycles. The molecule has 0 saturated heterocycles. The summed E-state index contributed by atoms with van der Waals surface area (Å²) in [4.78, 5) is 11.5. The summed E-state index contributed by atoms with van der Waals surface area (Å²) in [6.07, 6.45) is 0.420. The summed E-state index contributed by atoms with van der Waals surface area (Å²) in [5.41, 5.74) is 7.06. The molecule has 1 heterocycles. The number of benzene rings is 1. The molecule has 1 aliphatic heterocycles. The van der Waals surface area contributed by atoms with Crippen LogP contribution in [0.15, 0.2) is 18.2 Å². The standard InChI is InChI=1S/C16H24N2O3/c1-15(2,3)21-14(19)18-17-10-11-6-7-13-12(8-11)9-16(4,5)20-13/h6-8,17H,9-10H2,1-5H3,(H,18,19). The molecule has 0 aliphatic carbocycles. The van der Waals surface area contributed by atoms with Gasteiger partial charge in [-0.1, -0.05) is 12.1 Å². The van der Waals surface area contributed by atoms with Crippen LogP contribution < -0.4 is 15.6 Å². The Balaban J connectivity index is 1.84. The first-order valence-electron chi connectivity index (χ1n) is 7.17. The minimum Gasteiger partial charge on any atom is -0.487 e. The number of ether oxygens (including phenoxy) is 2. The maximum absolute atomic E-state index is 11.5. The van der Waals surface area contributed by atoms with Gasteiger partial charge in [0.15, 0.2) is 0 Å². The minimum absolute atomic E-state index is 0.136. The molecule has 0 bridgehead atoms. The van der Waals surface area contributed by atoms with Gasteiger partial charge in [0.1, 0.15) is 17.0 Å². The number of hydrazine groups is 1. The molecule has 5 heteroatoms. The number of hydrogen-bond acceptors (Lipinski definition) is 4. The van der Waals surface area contributed by atoms with Gasteiger partial charge in [0, 0.05) is 13.0 Å². The van der Waals surface area contributed by atoms with Gasteiger partial charge in [-0.3, -0.25) is 5.43 Å². The second-order valence-corrected chi connectivity index (χ2v) is 6.96. The Bertz CT molecular complexity index is 533. The maximum atomic E-state index is 11.5. The highest BCUT2D eigenvalue weighted by molar-refractivity contribution is 5.66. The zero-order chi connectivity index (χ0) is 15.7.